The van der Waals surface area contributed by atoms with E-state index in [-0.39, 0.29) is 0 Å². The Morgan fingerprint density at radius 2 is 1.42 bits per heavy atom. The Bertz CT molecular complexity index is 177. The Morgan fingerprint density at radius 1 is 1.00 bits per heavy atom. The van der Waals surface area contributed by atoms with Gasteiger partial charge in [-0.15, -0.1) is 0 Å². The van der Waals surface area contributed by atoms with E-state index < -0.39 is 0 Å². The summed E-state index contributed by atoms with van der Waals surface area (Å²) in [5.74, 6) is 0.921. The van der Waals surface area contributed by atoms with Gasteiger partial charge >= 0.3 is 0 Å². The lowest BCUT2D eigenvalue weighted by Crippen LogP contribution is -2.25. The Labute approximate surface area is 77.7 Å². The van der Waals surface area contributed by atoms with Crippen LogP contribution in [0.15, 0.2) is 0 Å². The molecule has 1 aliphatic carbocycles. The molecule has 1 saturated carbocycles. The third kappa shape index (κ3) is 1.41. The zero-order valence-corrected chi connectivity index (χ0v) is 9.78. The molecule has 0 bridgehead atoms. The molecule has 2 atom stereocenters. The Balaban J connectivity index is 2.73. The molecule has 0 nitrogen and oxygen atoms in total. The van der Waals surface area contributed by atoms with Crippen molar-refractivity contribution in [1.29, 1.82) is 0 Å². The van der Waals surface area contributed by atoms with Crippen molar-refractivity contribution in [1.82, 2.24) is 0 Å². The van der Waals surface area contributed by atoms with Crippen LogP contribution >= 0.6 is 0 Å². The van der Waals surface area contributed by atoms with Gasteiger partial charge in [-0.3, -0.25) is 0 Å². The summed E-state index contributed by atoms with van der Waals surface area (Å²) in [6.45, 7) is 16.7. The van der Waals surface area contributed by atoms with Gasteiger partial charge in [0, 0.05) is 0 Å². The molecule has 0 amide bonds. The van der Waals surface area contributed by atoms with Gasteiger partial charge in [-0.25, -0.2) is 0 Å². The minimum atomic E-state index is 0.477. The smallest absolute Gasteiger partial charge is 0.0241 e. The highest BCUT2D eigenvalue weighted by molar-refractivity contribution is 5.09. The molecule has 0 aliphatic heterocycles. The molecular formula is C12H24. The molecule has 0 heterocycles. The molecule has 0 aromatic rings. The van der Waals surface area contributed by atoms with Crippen molar-refractivity contribution >= 4 is 0 Å². The van der Waals surface area contributed by atoms with Gasteiger partial charge < -0.3 is 0 Å². The van der Waals surface area contributed by atoms with E-state index in [1.807, 2.05) is 0 Å². The summed E-state index contributed by atoms with van der Waals surface area (Å²) in [5, 5.41) is 0. The first-order valence-corrected chi connectivity index (χ1v) is 5.09. The summed E-state index contributed by atoms with van der Waals surface area (Å²) in [6.07, 6.45) is 1.42. The van der Waals surface area contributed by atoms with Crippen LogP contribution < -0.4 is 0 Å². The molecule has 12 heavy (non-hydrogen) atoms. The Hall–Kier alpha value is 0. The lowest BCUT2D eigenvalue weighted by molar-refractivity contribution is 0.166. The molecule has 0 aromatic carbocycles. The number of hydrogen-bond donors (Lipinski definition) is 0. The lowest BCUT2D eigenvalue weighted by Gasteiger charge is -2.32. The van der Waals surface area contributed by atoms with E-state index in [1.54, 1.807) is 0 Å². The highest BCUT2D eigenvalue weighted by atomic mass is 14.6. The average molecular weight is 168 g/mol. The third-order valence-corrected chi connectivity index (χ3v) is 4.00. The van der Waals surface area contributed by atoms with Gasteiger partial charge in [0.2, 0.25) is 0 Å². The second-order valence-electron chi connectivity index (χ2n) is 6.79. The molecule has 72 valence electrons. The van der Waals surface area contributed by atoms with Crippen LogP contribution in [0.4, 0.5) is 0 Å². The van der Waals surface area contributed by atoms with E-state index in [0.29, 0.717) is 16.2 Å². The molecule has 0 heteroatoms. The molecule has 0 radical (unpaired) electrons. The van der Waals surface area contributed by atoms with E-state index >= 15 is 0 Å². The second-order valence-corrected chi connectivity index (χ2v) is 6.79. The van der Waals surface area contributed by atoms with Crippen molar-refractivity contribution in [2.45, 2.75) is 54.9 Å². The first-order valence-electron chi connectivity index (χ1n) is 5.09. The normalized spacial score (nSPS) is 36.8. The first-order chi connectivity index (χ1) is 5.09. The van der Waals surface area contributed by atoms with Gasteiger partial charge in [0.15, 0.2) is 0 Å². The molecule has 0 spiro atoms. The van der Waals surface area contributed by atoms with Gasteiger partial charge in [0.1, 0.15) is 0 Å². The van der Waals surface area contributed by atoms with Gasteiger partial charge in [-0.1, -0.05) is 48.5 Å². The van der Waals surface area contributed by atoms with Crippen LogP contribution in [0.3, 0.4) is 0 Å². The van der Waals surface area contributed by atoms with Gasteiger partial charge in [-0.2, -0.15) is 0 Å². The molecule has 2 unspecified atom stereocenters. The van der Waals surface area contributed by atoms with Crippen molar-refractivity contribution in [2.75, 3.05) is 0 Å². The van der Waals surface area contributed by atoms with Crippen molar-refractivity contribution in [3.05, 3.63) is 0 Å². The minimum absolute atomic E-state index is 0.477. The fraction of sp³-hybridized carbons (Fsp3) is 1.00. The monoisotopic (exact) mass is 168 g/mol. The van der Waals surface area contributed by atoms with E-state index in [4.69, 9.17) is 0 Å². The third-order valence-electron chi connectivity index (χ3n) is 4.00. The maximum Gasteiger partial charge on any atom is -0.0241 e. The fourth-order valence-corrected chi connectivity index (χ4v) is 2.46. The largest absolute Gasteiger partial charge is 0.0599 e. The van der Waals surface area contributed by atoms with Crippen LogP contribution in [0.1, 0.15) is 54.9 Å². The summed E-state index contributed by atoms with van der Waals surface area (Å²) in [6, 6.07) is 0. The average Bonchev–Trinajstić information content (AvgIpc) is 2.38. The quantitative estimate of drug-likeness (QED) is 0.511. The van der Waals surface area contributed by atoms with Crippen molar-refractivity contribution in [3.63, 3.8) is 0 Å². The van der Waals surface area contributed by atoms with Gasteiger partial charge in [0.25, 0.3) is 0 Å². The van der Waals surface area contributed by atoms with Crippen LogP contribution in [0.5, 0.6) is 0 Å². The molecule has 1 aliphatic rings. The first kappa shape index (κ1) is 10.1. The summed E-state index contributed by atoms with van der Waals surface area (Å²) in [7, 11) is 0. The SMILES string of the molecule is CC(C)(C)C1CC1(C)C(C)(C)C. The summed E-state index contributed by atoms with van der Waals surface area (Å²) in [5.41, 5.74) is 1.57. The highest BCUT2D eigenvalue weighted by Crippen LogP contribution is 2.68. The Kier molecular flexibility index (Phi) is 1.91. The molecule has 0 saturated heterocycles. The number of hydrogen-bond acceptors (Lipinski definition) is 0. The zero-order valence-electron chi connectivity index (χ0n) is 9.78. The van der Waals surface area contributed by atoms with Crippen LogP contribution in [0, 0.1) is 22.2 Å². The van der Waals surface area contributed by atoms with Gasteiger partial charge in [0.05, 0.1) is 0 Å². The van der Waals surface area contributed by atoms with E-state index in [2.05, 4.69) is 48.5 Å². The van der Waals surface area contributed by atoms with Gasteiger partial charge in [-0.05, 0) is 28.6 Å². The molecule has 0 N–H and O–H groups in total. The predicted molar refractivity (Wildman–Crippen MR) is 55.1 cm³/mol. The van der Waals surface area contributed by atoms with Crippen LogP contribution in [0.25, 0.3) is 0 Å². The molecule has 0 aromatic heterocycles. The van der Waals surface area contributed by atoms with E-state index in [9.17, 15) is 0 Å². The van der Waals surface area contributed by atoms with Crippen molar-refractivity contribution in [2.24, 2.45) is 22.2 Å². The standard InChI is InChI=1S/C12H24/c1-10(2,3)9-8-12(9,7)11(4,5)6/h9H,8H2,1-7H3. The maximum absolute atomic E-state index is 2.45. The maximum atomic E-state index is 2.45. The fourth-order valence-electron chi connectivity index (χ4n) is 2.46. The number of rotatable bonds is 0. The second kappa shape index (κ2) is 2.27. The van der Waals surface area contributed by atoms with Crippen molar-refractivity contribution in [3.8, 4) is 0 Å². The zero-order chi connectivity index (χ0) is 9.78. The predicted octanol–water partition coefficient (Wildman–Crippen LogP) is 4.10. The lowest BCUT2D eigenvalue weighted by atomic mass is 9.73. The van der Waals surface area contributed by atoms with E-state index in [0.717, 1.165) is 5.92 Å². The van der Waals surface area contributed by atoms with E-state index in [1.165, 1.54) is 6.42 Å². The summed E-state index contributed by atoms with van der Waals surface area (Å²) in [4.78, 5) is 0. The topological polar surface area (TPSA) is 0 Å². The molecular weight excluding hydrogens is 144 g/mol. The summed E-state index contributed by atoms with van der Waals surface area (Å²) >= 11 is 0. The summed E-state index contributed by atoms with van der Waals surface area (Å²) < 4.78 is 0. The van der Waals surface area contributed by atoms with Crippen molar-refractivity contribution < 1.29 is 0 Å². The molecule has 1 fully saturated rings. The highest BCUT2D eigenvalue weighted by Gasteiger charge is 2.60. The Morgan fingerprint density at radius 3 is 1.50 bits per heavy atom. The van der Waals surface area contributed by atoms with Crippen LogP contribution in [-0.4, -0.2) is 0 Å². The molecule has 1 rings (SSSR count). The van der Waals surface area contributed by atoms with Crippen LogP contribution in [0.2, 0.25) is 0 Å². The van der Waals surface area contributed by atoms with Crippen LogP contribution in [-0.2, 0) is 0 Å². The minimum Gasteiger partial charge on any atom is -0.0599 e.